The third kappa shape index (κ3) is 7.53. The number of nitrogens with one attached hydrogen (secondary N) is 2. The number of anilines is 1. The second-order valence-corrected chi connectivity index (χ2v) is 5.86. The highest BCUT2D eigenvalue weighted by Gasteiger charge is 2.30. The molecule has 1 amide bonds. The fraction of sp³-hybridized carbons (Fsp3) is 0.533. The number of carbonyl (C=O) groups is 1. The van der Waals surface area contributed by atoms with Crippen LogP contribution in [0.25, 0.3) is 0 Å². The highest BCUT2D eigenvalue weighted by atomic mass is 35.5. The van der Waals surface area contributed by atoms with Crippen LogP contribution in [-0.2, 0) is 0 Å². The number of benzene rings is 1. The number of amides is 1. The van der Waals surface area contributed by atoms with E-state index in [-0.39, 0.29) is 42.6 Å². The van der Waals surface area contributed by atoms with Crippen LogP contribution in [0, 0.1) is 20.2 Å². The van der Waals surface area contributed by atoms with Gasteiger partial charge in [-0.1, -0.05) is 0 Å². The molecule has 0 aliphatic carbocycles. The normalized spacial score (nSPS) is 9.81. The van der Waals surface area contributed by atoms with Gasteiger partial charge in [-0.2, -0.15) is 0 Å². The first-order chi connectivity index (χ1) is 12.8. The van der Waals surface area contributed by atoms with Gasteiger partial charge in [-0.05, 0) is 21.0 Å². The molecule has 0 heterocycles. The van der Waals surface area contributed by atoms with E-state index in [1.54, 1.807) is 6.92 Å². The van der Waals surface area contributed by atoms with Crippen LogP contribution in [0.5, 0.6) is 0 Å². The van der Waals surface area contributed by atoms with Gasteiger partial charge in [-0.25, -0.2) is 0 Å². The number of nitro benzene ring substituents is 2. The minimum atomic E-state index is -0.785. The summed E-state index contributed by atoms with van der Waals surface area (Å²) < 4.78 is 0. The minimum Gasteiger partial charge on any atom is -0.363 e. The molecular weight excluding hydrogens is 401 g/mol. The molecule has 0 fully saturated rings. The Bertz CT molecular complexity index is 654. The molecule has 0 saturated carbocycles. The third-order valence-corrected chi connectivity index (χ3v) is 3.43. The van der Waals surface area contributed by atoms with Crippen molar-refractivity contribution in [2.75, 3.05) is 50.4 Å². The van der Waals surface area contributed by atoms with Gasteiger partial charge in [-0.15, -0.1) is 23.2 Å². The van der Waals surface area contributed by atoms with Gasteiger partial charge in [0, 0.05) is 37.5 Å². The van der Waals surface area contributed by atoms with E-state index in [1.807, 2.05) is 14.1 Å². The molecule has 1 rings (SSSR count). The standard InChI is InChI=1S/C13H16Cl2N4O5.C2H7N/c1-2-16-13(20)10-7-9(18(21)22)8-11(19(23)24)12(10)17(5-3-14)6-4-15;1-3-2/h7-8H,2-6H2,1H3,(H,16,20);3H,1-2H3. The number of alkyl halides is 2. The maximum Gasteiger partial charge on any atom is 0.300 e. The van der Waals surface area contributed by atoms with Crippen molar-refractivity contribution in [2.45, 2.75) is 6.92 Å². The van der Waals surface area contributed by atoms with Crippen LogP contribution in [0.3, 0.4) is 0 Å². The largest absolute Gasteiger partial charge is 0.363 e. The van der Waals surface area contributed by atoms with Crippen molar-refractivity contribution in [1.29, 1.82) is 0 Å². The number of hydrogen-bond acceptors (Lipinski definition) is 7. The molecule has 0 aliphatic rings. The molecule has 0 saturated heterocycles. The van der Waals surface area contributed by atoms with Gasteiger partial charge in [0.25, 0.3) is 17.3 Å². The van der Waals surface area contributed by atoms with Crippen molar-refractivity contribution < 1.29 is 14.6 Å². The molecule has 0 unspecified atom stereocenters. The Balaban J connectivity index is 0.00000210. The SMILES string of the molecule is CCNC(=O)c1cc([N+](=O)[O-])cc([N+](=O)[O-])c1N(CCCl)CCCl.CNC. The van der Waals surface area contributed by atoms with Crippen LogP contribution < -0.4 is 15.5 Å². The van der Waals surface area contributed by atoms with Crippen LogP contribution in [0.2, 0.25) is 0 Å². The lowest BCUT2D eigenvalue weighted by atomic mass is 10.1. The van der Waals surface area contributed by atoms with E-state index < -0.39 is 27.1 Å². The monoisotopic (exact) mass is 423 g/mol. The Kier molecular flexibility index (Phi) is 12.0. The van der Waals surface area contributed by atoms with E-state index in [1.165, 1.54) is 4.90 Å². The highest BCUT2D eigenvalue weighted by molar-refractivity contribution is 6.18. The van der Waals surface area contributed by atoms with E-state index in [9.17, 15) is 25.0 Å². The molecule has 1 aromatic rings. The Labute approximate surface area is 167 Å². The fourth-order valence-electron chi connectivity index (χ4n) is 2.15. The van der Waals surface area contributed by atoms with E-state index in [2.05, 4.69) is 10.6 Å². The van der Waals surface area contributed by atoms with E-state index in [0.29, 0.717) is 0 Å². The summed E-state index contributed by atoms with van der Waals surface area (Å²) in [6.07, 6.45) is 0. The number of rotatable bonds is 9. The number of carbonyl (C=O) groups excluding carboxylic acids is 1. The topological polar surface area (TPSA) is 131 Å². The summed E-state index contributed by atoms with van der Waals surface area (Å²) in [7, 11) is 3.75. The maximum atomic E-state index is 12.3. The third-order valence-electron chi connectivity index (χ3n) is 3.09. The summed E-state index contributed by atoms with van der Waals surface area (Å²) in [4.78, 5) is 34.6. The molecule has 152 valence electrons. The van der Waals surface area contributed by atoms with Crippen molar-refractivity contribution >= 4 is 46.2 Å². The Morgan fingerprint density at radius 3 is 2.00 bits per heavy atom. The lowest BCUT2D eigenvalue weighted by molar-refractivity contribution is -0.393. The van der Waals surface area contributed by atoms with E-state index in [4.69, 9.17) is 23.2 Å². The minimum absolute atomic E-state index is 0.0298. The number of non-ortho nitro benzene ring substituents is 1. The summed E-state index contributed by atoms with van der Waals surface area (Å²) >= 11 is 11.5. The summed E-state index contributed by atoms with van der Waals surface area (Å²) in [5.41, 5.74) is -1.27. The molecule has 27 heavy (non-hydrogen) atoms. The van der Waals surface area contributed by atoms with Crippen molar-refractivity contribution in [3.63, 3.8) is 0 Å². The number of nitro groups is 2. The number of nitrogens with zero attached hydrogens (tertiary/aromatic N) is 3. The van der Waals surface area contributed by atoms with Gasteiger partial charge in [0.05, 0.1) is 21.5 Å². The van der Waals surface area contributed by atoms with Crippen LogP contribution in [0.15, 0.2) is 12.1 Å². The Morgan fingerprint density at radius 2 is 1.63 bits per heavy atom. The molecule has 0 spiro atoms. The highest BCUT2D eigenvalue weighted by Crippen LogP contribution is 2.36. The second kappa shape index (κ2) is 13.1. The molecule has 1 aromatic carbocycles. The molecule has 0 aliphatic heterocycles. The van der Waals surface area contributed by atoms with Crippen LogP contribution >= 0.6 is 23.2 Å². The van der Waals surface area contributed by atoms with Crippen molar-refractivity contribution in [2.24, 2.45) is 0 Å². The van der Waals surface area contributed by atoms with Gasteiger partial charge < -0.3 is 15.5 Å². The predicted octanol–water partition coefficient (Wildman–Crippen LogP) is 2.37. The maximum absolute atomic E-state index is 12.3. The van der Waals surface area contributed by atoms with E-state index >= 15 is 0 Å². The molecule has 0 aromatic heterocycles. The smallest absolute Gasteiger partial charge is 0.300 e. The van der Waals surface area contributed by atoms with Gasteiger partial charge >= 0.3 is 0 Å². The quantitative estimate of drug-likeness (QED) is 0.354. The lowest BCUT2D eigenvalue weighted by Crippen LogP contribution is -2.32. The first kappa shape index (κ1) is 24.8. The van der Waals surface area contributed by atoms with Gasteiger partial charge in [0.2, 0.25) is 0 Å². The first-order valence-corrected chi connectivity index (χ1v) is 9.06. The Hall–Kier alpha value is -2.17. The zero-order chi connectivity index (χ0) is 21.0. The number of hydrogen-bond donors (Lipinski definition) is 2. The first-order valence-electron chi connectivity index (χ1n) is 7.99. The molecule has 0 bridgehead atoms. The summed E-state index contributed by atoms with van der Waals surface area (Å²) in [5.74, 6) is -0.367. The van der Waals surface area contributed by atoms with Gasteiger partial charge in [0.1, 0.15) is 5.69 Å². The van der Waals surface area contributed by atoms with E-state index in [0.717, 1.165) is 12.1 Å². The molecular formula is C15H23Cl2N5O5. The molecule has 12 heteroatoms. The summed E-state index contributed by atoms with van der Waals surface area (Å²) in [5, 5.41) is 27.7. The average molecular weight is 424 g/mol. The zero-order valence-corrected chi connectivity index (χ0v) is 16.8. The number of halogens is 2. The molecule has 2 N–H and O–H groups in total. The predicted molar refractivity (Wildman–Crippen MR) is 106 cm³/mol. The van der Waals surface area contributed by atoms with Crippen molar-refractivity contribution in [3.8, 4) is 0 Å². The average Bonchev–Trinajstić information content (AvgIpc) is 2.61. The summed E-state index contributed by atoms with van der Waals surface area (Å²) in [6.45, 7) is 2.32. The lowest BCUT2D eigenvalue weighted by Gasteiger charge is -2.24. The summed E-state index contributed by atoms with van der Waals surface area (Å²) in [6, 6.07) is 1.84. The van der Waals surface area contributed by atoms with Crippen LogP contribution in [-0.4, -0.2) is 61.2 Å². The van der Waals surface area contributed by atoms with Crippen LogP contribution in [0.1, 0.15) is 17.3 Å². The van der Waals surface area contributed by atoms with Crippen molar-refractivity contribution in [3.05, 3.63) is 37.9 Å². The Morgan fingerprint density at radius 1 is 1.11 bits per heavy atom. The fourth-order valence-corrected chi connectivity index (χ4v) is 2.56. The van der Waals surface area contributed by atoms with Gasteiger partial charge in [0.15, 0.2) is 0 Å². The van der Waals surface area contributed by atoms with Crippen molar-refractivity contribution in [1.82, 2.24) is 10.6 Å². The van der Waals surface area contributed by atoms with Gasteiger partial charge in [-0.3, -0.25) is 25.0 Å². The molecule has 0 radical (unpaired) electrons. The molecule has 0 atom stereocenters. The van der Waals surface area contributed by atoms with Crippen LogP contribution in [0.4, 0.5) is 17.1 Å². The zero-order valence-electron chi connectivity index (χ0n) is 15.3. The molecule has 10 nitrogen and oxygen atoms in total. The second-order valence-electron chi connectivity index (χ2n) is 5.10.